The van der Waals surface area contributed by atoms with E-state index in [2.05, 4.69) is 36.2 Å². The molecule has 0 aliphatic rings. The Kier molecular flexibility index (Phi) is 4.73. The van der Waals surface area contributed by atoms with E-state index in [1.165, 1.54) is 0 Å². The van der Waals surface area contributed by atoms with Crippen molar-refractivity contribution in [2.75, 3.05) is 0 Å². The second-order valence-corrected chi connectivity index (χ2v) is 7.46. The Hall–Kier alpha value is -1.88. The Bertz CT molecular complexity index is 605. The predicted molar refractivity (Wildman–Crippen MR) is 85.7 cm³/mol. The van der Waals surface area contributed by atoms with Crippen LogP contribution in [-0.4, -0.2) is 25.0 Å². The Morgan fingerprint density at radius 1 is 1.40 bits per heavy atom. The molecule has 106 valence electrons. The van der Waals surface area contributed by atoms with E-state index in [1.54, 1.807) is 4.68 Å². The average molecular weight is 287 g/mol. The molecule has 2 rings (SSSR count). The first-order chi connectivity index (χ1) is 9.56. The summed E-state index contributed by atoms with van der Waals surface area (Å²) in [5.41, 5.74) is 3.24. The molecular weight excluding hydrogens is 266 g/mol. The molecule has 2 aromatic rings. The summed E-state index contributed by atoms with van der Waals surface area (Å²) in [4.78, 5) is 4.60. The molecule has 0 amide bonds. The standard InChI is InChI=1S/C15H21N3OSi/c1-12-6-5-7-14(19-20(3)4)15(12)16-9-8-13-10-17-18(2)11-13/h5-7,9-11,20H,8H2,1-4H3. The molecule has 4 nitrogen and oxygen atoms in total. The fourth-order valence-electron chi connectivity index (χ4n) is 1.97. The Balaban J connectivity index is 2.15. The first-order valence-electron chi connectivity index (χ1n) is 6.82. The summed E-state index contributed by atoms with van der Waals surface area (Å²) in [6, 6.07) is 6.07. The van der Waals surface area contributed by atoms with Gasteiger partial charge in [0.15, 0.2) is 0 Å². The van der Waals surface area contributed by atoms with Crippen LogP contribution >= 0.6 is 0 Å². The fraction of sp³-hybridized carbons (Fsp3) is 0.333. The Labute approximate surface area is 121 Å². The first kappa shape index (κ1) is 14.5. The van der Waals surface area contributed by atoms with E-state index in [9.17, 15) is 0 Å². The topological polar surface area (TPSA) is 39.4 Å². The Morgan fingerprint density at radius 3 is 2.85 bits per heavy atom. The highest BCUT2D eigenvalue weighted by atomic mass is 28.3. The van der Waals surface area contributed by atoms with Crippen molar-refractivity contribution in [1.29, 1.82) is 0 Å². The maximum atomic E-state index is 5.94. The van der Waals surface area contributed by atoms with Crippen molar-refractivity contribution in [3.05, 3.63) is 41.7 Å². The van der Waals surface area contributed by atoms with Crippen LogP contribution in [-0.2, 0) is 13.5 Å². The van der Waals surface area contributed by atoms with Crippen molar-refractivity contribution in [2.24, 2.45) is 12.0 Å². The van der Waals surface area contributed by atoms with E-state index in [0.29, 0.717) is 0 Å². The average Bonchev–Trinajstić information content (AvgIpc) is 2.78. The first-order valence-corrected chi connectivity index (χ1v) is 9.60. The van der Waals surface area contributed by atoms with Crippen LogP contribution in [0.4, 0.5) is 5.69 Å². The van der Waals surface area contributed by atoms with Crippen molar-refractivity contribution < 1.29 is 4.43 Å². The molecule has 0 bridgehead atoms. The van der Waals surface area contributed by atoms with E-state index in [1.807, 2.05) is 37.8 Å². The van der Waals surface area contributed by atoms with Crippen LogP contribution < -0.4 is 4.43 Å². The van der Waals surface area contributed by atoms with Crippen molar-refractivity contribution in [3.63, 3.8) is 0 Å². The SMILES string of the molecule is Cc1cccc(O[SiH](C)C)c1N=CCc1cnn(C)c1. The van der Waals surface area contributed by atoms with Gasteiger partial charge in [0.1, 0.15) is 11.4 Å². The number of rotatable bonds is 5. The highest BCUT2D eigenvalue weighted by Gasteiger charge is 2.07. The quantitative estimate of drug-likeness (QED) is 0.626. The molecule has 0 unspecified atom stereocenters. The Morgan fingerprint density at radius 2 is 2.20 bits per heavy atom. The van der Waals surface area contributed by atoms with Crippen LogP contribution in [0.25, 0.3) is 0 Å². The van der Waals surface area contributed by atoms with Gasteiger partial charge >= 0.3 is 0 Å². The highest BCUT2D eigenvalue weighted by molar-refractivity contribution is 6.49. The molecule has 0 atom stereocenters. The summed E-state index contributed by atoms with van der Waals surface area (Å²) in [6.45, 7) is 6.38. The summed E-state index contributed by atoms with van der Waals surface area (Å²) in [5.74, 6) is 0.897. The molecule has 0 aliphatic carbocycles. The van der Waals surface area contributed by atoms with Crippen molar-refractivity contribution in [2.45, 2.75) is 26.4 Å². The second-order valence-electron chi connectivity index (χ2n) is 5.13. The maximum Gasteiger partial charge on any atom is 0.229 e. The normalized spacial score (nSPS) is 11.4. The summed E-state index contributed by atoms with van der Waals surface area (Å²) >= 11 is 0. The molecule has 0 N–H and O–H groups in total. The lowest BCUT2D eigenvalue weighted by molar-refractivity contribution is 0.581. The third kappa shape index (κ3) is 3.80. The molecule has 20 heavy (non-hydrogen) atoms. The molecule has 1 aromatic carbocycles. The molecule has 1 heterocycles. The number of aryl methyl sites for hydroxylation is 2. The monoisotopic (exact) mass is 287 g/mol. The van der Waals surface area contributed by atoms with Crippen molar-refractivity contribution >= 4 is 20.9 Å². The number of aliphatic imine (C=N–C) groups is 1. The predicted octanol–water partition coefficient (Wildman–Crippen LogP) is 3.04. The molecule has 0 aliphatic heterocycles. The number of benzene rings is 1. The van der Waals surface area contributed by atoms with E-state index in [0.717, 1.165) is 29.0 Å². The fourth-order valence-corrected chi connectivity index (χ4v) is 2.66. The van der Waals surface area contributed by atoms with Crippen LogP contribution in [0, 0.1) is 6.92 Å². The molecule has 0 saturated heterocycles. The third-order valence-corrected chi connectivity index (χ3v) is 3.59. The summed E-state index contributed by atoms with van der Waals surface area (Å²) < 4.78 is 7.74. The minimum absolute atomic E-state index is 0.778. The molecular formula is C15H21N3OSi. The number of aromatic nitrogens is 2. The molecule has 0 fully saturated rings. The van der Waals surface area contributed by atoms with E-state index >= 15 is 0 Å². The van der Waals surface area contributed by atoms with E-state index in [-0.39, 0.29) is 0 Å². The zero-order valence-corrected chi connectivity index (χ0v) is 13.7. The van der Waals surface area contributed by atoms with Gasteiger partial charge in [-0.1, -0.05) is 12.1 Å². The zero-order valence-electron chi connectivity index (χ0n) is 12.5. The lowest BCUT2D eigenvalue weighted by atomic mass is 10.2. The zero-order chi connectivity index (χ0) is 14.5. The summed E-state index contributed by atoms with van der Waals surface area (Å²) in [6.07, 6.45) is 6.57. The largest absolute Gasteiger partial charge is 0.546 e. The van der Waals surface area contributed by atoms with Crippen LogP contribution in [0.15, 0.2) is 35.6 Å². The minimum Gasteiger partial charge on any atom is -0.546 e. The summed E-state index contributed by atoms with van der Waals surface area (Å²) in [5, 5.41) is 4.15. The minimum atomic E-state index is -1.12. The van der Waals surface area contributed by atoms with Gasteiger partial charge in [0.25, 0.3) is 0 Å². The maximum absolute atomic E-state index is 5.94. The molecule has 1 aromatic heterocycles. The van der Waals surface area contributed by atoms with Gasteiger partial charge in [0, 0.05) is 25.9 Å². The molecule has 5 heteroatoms. The van der Waals surface area contributed by atoms with Gasteiger partial charge in [-0.15, -0.1) is 0 Å². The second kappa shape index (κ2) is 6.52. The number of hydrogen-bond donors (Lipinski definition) is 0. The van der Waals surface area contributed by atoms with Crippen LogP contribution in [0.3, 0.4) is 0 Å². The van der Waals surface area contributed by atoms with Crippen LogP contribution in [0.2, 0.25) is 13.1 Å². The number of para-hydroxylation sites is 1. The van der Waals surface area contributed by atoms with Crippen molar-refractivity contribution in [3.8, 4) is 5.75 Å². The smallest absolute Gasteiger partial charge is 0.229 e. The molecule has 0 saturated carbocycles. The van der Waals surface area contributed by atoms with Gasteiger partial charge in [-0.3, -0.25) is 9.67 Å². The number of nitrogens with zero attached hydrogens (tertiary/aromatic N) is 3. The molecule has 0 radical (unpaired) electrons. The van der Waals surface area contributed by atoms with Gasteiger partial charge in [-0.25, -0.2) is 0 Å². The highest BCUT2D eigenvalue weighted by Crippen LogP contribution is 2.31. The van der Waals surface area contributed by atoms with Gasteiger partial charge < -0.3 is 4.43 Å². The van der Waals surface area contributed by atoms with E-state index < -0.39 is 9.04 Å². The summed E-state index contributed by atoms with van der Waals surface area (Å²) in [7, 11) is 0.795. The lowest BCUT2D eigenvalue weighted by Crippen LogP contribution is -2.11. The van der Waals surface area contributed by atoms with E-state index in [4.69, 9.17) is 4.43 Å². The van der Waals surface area contributed by atoms with Gasteiger partial charge in [0.2, 0.25) is 9.04 Å². The molecule has 0 spiro atoms. The van der Waals surface area contributed by atoms with Crippen LogP contribution in [0.5, 0.6) is 5.75 Å². The van der Waals surface area contributed by atoms with Gasteiger partial charge in [-0.2, -0.15) is 5.10 Å². The van der Waals surface area contributed by atoms with Gasteiger partial charge in [0.05, 0.1) is 6.20 Å². The van der Waals surface area contributed by atoms with Crippen molar-refractivity contribution in [1.82, 2.24) is 9.78 Å². The number of hydrogen-bond acceptors (Lipinski definition) is 3. The lowest BCUT2D eigenvalue weighted by Gasteiger charge is -2.13. The van der Waals surface area contributed by atoms with Crippen LogP contribution in [0.1, 0.15) is 11.1 Å². The van der Waals surface area contributed by atoms with Gasteiger partial charge in [-0.05, 0) is 37.2 Å². The third-order valence-electron chi connectivity index (χ3n) is 2.87.